The van der Waals surface area contributed by atoms with E-state index in [9.17, 15) is 9.59 Å². The van der Waals surface area contributed by atoms with Crippen molar-refractivity contribution >= 4 is 40.8 Å². The van der Waals surface area contributed by atoms with Gasteiger partial charge in [-0.15, -0.1) is 0 Å². The van der Waals surface area contributed by atoms with Gasteiger partial charge < -0.3 is 15.0 Å². The van der Waals surface area contributed by atoms with Crippen molar-refractivity contribution in [2.45, 2.75) is 17.5 Å². The number of benzene rings is 4. The molecule has 7 heteroatoms. The fraction of sp³-hybridized carbons (Fsp3) is 0.139. The minimum atomic E-state index is -1.44. The molecule has 3 aliphatic heterocycles. The van der Waals surface area contributed by atoms with Crippen LogP contribution in [-0.2, 0) is 10.2 Å². The fourth-order valence-electron chi connectivity index (χ4n) is 7.10. The van der Waals surface area contributed by atoms with E-state index >= 15 is 4.79 Å². The first-order chi connectivity index (χ1) is 21.0. The summed E-state index contributed by atoms with van der Waals surface area (Å²) in [7, 11) is 0. The largest absolute Gasteiger partial charge is 0.489 e. The summed E-state index contributed by atoms with van der Waals surface area (Å²) in [6, 6.07) is 27.3. The van der Waals surface area contributed by atoms with Crippen molar-refractivity contribution in [3.05, 3.63) is 149 Å². The van der Waals surface area contributed by atoms with Gasteiger partial charge in [-0.1, -0.05) is 91.0 Å². The summed E-state index contributed by atoms with van der Waals surface area (Å²) in [4.78, 5) is 46.3. The quantitative estimate of drug-likeness (QED) is 0.189. The van der Waals surface area contributed by atoms with Gasteiger partial charge in [-0.3, -0.25) is 14.4 Å². The zero-order valence-electron chi connectivity index (χ0n) is 23.1. The molecular formula is C36H27ClN2O4. The van der Waals surface area contributed by atoms with Crippen molar-refractivity contribution in [2.24, 2.45) is 5.92 Å². The number of Topliss-reactive ketones (excluding diaryl/α,β-unsaturated/α-hetero) is 2. The average molecular weight is 587 g/mol. The van der Waals surface area contributed by atoms with Crippen LogP contribution in [0.4, 0.5) is 5.69 Å². The first kappa shape index (κ1) is 26.9. The molecule has 0 unspecified atom stereocenters. The number of halogens is 1. The molecule has 4 aromatic carbocycles. The third kappa shape index (κ3) is 3.90. The van der Waals surface area contributed by atoms with Crippen LogP contribution in [0.15, 0.2) is 116 Å². The maximum atomic E-state index is 15.1. The molecule has 1 saturated heterocycles. The zero-order chi connectivity index (χ0) is 29.7. The van der Waals surface area contributed by atoms with Crippen LogP contribution in [0, 0.1) is 5.92 Å². The lowest BCUT2D eigenvalue weighted by Gasteiger charge is -2.38. The molecule has 0 aromatic heterocycles. The highest BCUT2D eigenvalue weighted by atomic mass is 35.5. The van der Waals surface area contributed by atoms with Gasteiger partial charge in [0, 0.05) is 17.5 Å². The van der Waals surface area contributed by atoms with Crippen molar-refractivity contribution in [3.63, 3.8) is 0 Å². The predicted molar refractivity (Wildman–Crippen MR) is 166 cm³/mol. The van der Waals surface area contributed by atoms with Gasteiger partial charge in [-0.05, 0) is 53.1 Å². The van der Waals surface area contributed by atoms with Crippen molar-refractivity contribution in [3.8, 4) is 5.75 Å². The van der Waals surface area contributed by atoms with E-state index in [0.717, 1.165) is 11.1 Å². The lowest BCUT2D eigenvalue weighted by atomic mass is 9.62. The zero-order valence-corrected chi connectivity index (χ0v) is 23.8. The summed E-state index contributed by atoms with van der Waals surface area (Å²) >= 11 is 6.59. The number of hydrogen-bond donors (Lipinski definition) is 1. The fourth-order valence-corrected chi connectivity index (χ4v) is 7.33. The molecule has 0 radical (unpaired) electrons. The molecular weight excluding hydrogens is 560 g/mol. The lowest BCUT2D eigenvalue weighted by molar-refractivity contribution is -0.122. The van der Waals surface area contributed by atoms with Gasteiger partial charge >= 0.3 is 0 Å². The van der Waals surface area contributed by atoms with Gasteiger partial charge in [0.15, 0.2) is 11.6 Å². The highest BCUT2D eigenvalue weighted by molar-refractivity contribution is 6.34. The summed E-state index contributed by atoms with van der Waals surface area (Å²) < 4.78 is 5.92. The molecule has 4 atom stereocenters. The number of amides is 1. The Hall–Kier alpha value is -4.94. The first-order valence-corrected chi connectivity index (χ1v) is 14.5. The predicted octanol–water partition coefficient (Wildman–Crippen LogP) is 6.89. The molecule has 7 rings (SSSR count). The molecule has 3 heterocycles. The number of ketones is 2. The van der Waals surface area contributed by atoms with Gasteiger partial charge in [0.05, 0.1) is 22.5 Å². The van der Waals surface area contributed by atoms with Crippen molar-refractivity contribution in [1.82, 2.24) is 4.90 Å². The van der Waals surface area contributed by atoms with E-state index in [-0.39, 0.29) is 34.7 Å². The number of nitrogens with one attached hydrogen (secondary N) is 1. The third-order valence-electron chi connectivity index (χ3n) is 8.77. The molecule has 1 spiro atoms. The van der Waals surface area contributed by atoms with Gasteiger partial charge in [-0.25, -0.2) is 0 Å². The highest BCUT2D eigenvalue weighted by Crippen LogP contribution is 2.62. The number of rotatable bonds is 7. The molecule has 212 valence electrons. The second-order valence-electron chi connectivity index (χ2n) is 10.9. The molecule has 1 N–H and O–H groups in total. The maximum absolute atomic E-state index is 15.1. The number of hydrogen-bond acceptors (Lipinski definition) is 5. The molecule has 0 aliphatic carbocycles. The molecule has 1 fully saturated rings. The van der Waals surface area contributed by atoms with Crippen LogP contribution in [0.5, 0.6) is 5.75 Å². The number of nitrogens with zero attached hydrogens (tertiary/aromatic N) is 1. The molecule has 6 nitrogen and oxygen atoms in total. The number of fused-ring (bicyclic) bond motifs is 6. The Labute approximate surface area is 254 Å². The van der Waals surface area contributed by atoms with Crippen LogP contribution in [0.3, 0.4) is 0 Å². The molecule has 1 amide bonds. The van der Waals surface area contributed by atoms with E-state index in [1.807, 2.05) is 65.7 Å². The Morgan fingerprint density at radius 2 is 1.60 bits per heavy atom. The van der Waals surface area contributed by atoms with Gasteiger partial charge in [0.25, 0.3) is 0 Å². The molecule has 0 saturated carbocycles. The Morgan fingerprint density at radius 1 is 0.907 bits per heavy atom. The number of anilines is 1. The van der Waals surface area contributed by atoms with Gasteiger partial charge in [0.1, 0.15) is 23.8 Å². The van der Waals surface area contributed by atoms with Gasteiger partial charge in [0.2, 0.25) is 5.91 Å². The van der Waals surface area contributed by atoms with Gasteiger partial charge in [-0.2, -0.15) is 0 Å². The second kappa shape index (κ2) is 10.4. The Bertz CT molecular complexity index is 1850. The summed E-state index contributed by atoms with van der Waals surface area (Å²) in [5.41, 5.74) is 2.23. The van der Waals surface area contributed by atoms with Crippen LogP contribution < -0.4 is 10.1 Å². The first-order valence-electron chi connectivity index (χ1n) is 14.1. The smallest absolute Gasteiger partial charge is 0.238 e. The topological polar surface area (TPSA) is 75.7 Å². The van der Waals surface area contributed by atoms with Crippen LogP contribution in [-0.4, -0.2) is 35.0 Å². The van der Waals surface area contributed by atoms with E-state index in [1.54, 1.807) is 54.6 Å². The van der Waals surface area contributed by atoms with E-state index in [1.165, 1.54) is 0 Å². The number of para-hydroxylation sites is 2. The van der Waals surface area contributed by atoms with E-state index in [2.05, 4.69) is 11.9 Å². The van der Waals surface area contributed by atoms with Crippen LogP contribution in [0.25, 0.3) is 6.08 Å². The summed E-state index contributed by atoms with van der Waals surface area (Å²) in [6.07, 6.45) is 5.37. The summed E-state index contributed by atoms with van der Waals surface area (Å²) in [5.74, 6) is -1.80. The van der Waals surface area contributed by atoms with Crippen LogP contribution in [0.1, 0.15) is 43.4 Å². The molecule has 4 aromatic rings. The van der Waals surface area contributed by atoms with Crippen molar-refractivity contribution < 1.29 is 19.1 Å². The number of carbonyl (C=O) groups is 3. The van der Waals surface area contributed by atoms with E-state index in [4.69, 9.17) is 16.3 Å². The van der Waals surface area contributed by atoms with Crippen molar-refractivity contribution in [1.29, 1.82) is 0 Å². The lowest BCUT2D eigenvalue weighted by Crippen LogP contribution is -2.49. The Balaban J connectivity index is 1.54. The highest BCUT2D eigenvalue weighted by Gasteiger charge is 2.71. The standard InChI is InChI=1S/C36H27ClN2O4/c1-2-21-43-29-18-10-6-14-25(29)32(40)30-31(33(41)24-13-5-8-16-27(24)37)39-20-19-22-11-3-4-12-23(22)34(39)36(30)26-15-7-9-17-28(26)38-35(36)42/h2-20,30-31,34H,1,21H2,(H,38,42)/t30-,31-,34-,36-/m1/s1. The number of ether oxygens (including phenoxy) is 1. The maximum Gasteiger partial charge on any atom is 0.238 e. The van der Waals surface area contributed by atoms with E-state index in [0.29, 0.717) is 22.6 Å². The minimum Gasteiger partial charge on any atom is -0.489 e. The van der Waals surface area contributed by atoms with Crippen LogP contribution >= 0.6 is 11.6 Å². The third-order valence-corrected chi connectivity index (χ3v) is 9.10. The second-order valence-corrected chi connectivity index (χ2v) is 11.3. The SMILES string of the molecule is C=CCOc1ccccc1C(=O)[C@H]1[C@H](C(=O)c2ccccc2Cl)N2C=Cc3ccccc3[C@@H]2[C@]12C(=O)Nc1ccccc12. The molecule has 43 heavy (non-hydrogen) atoms. The van der Waals surface area contributed by atoms with E-state index < -0.39 is 23.4 Å². The normalized spacial score (nSPS) is 22.9. The summed E-state index contributed by atoms with van der Waals surface area (Å²) in [5, 5.41) is 3.35. The Morgan fingerprint density at radius 3 is 2.42 bits per heavy atom. The molecule has 0 bridgehead atoms. The Kier molecular flexibility index (Phi) is 6.51. The average Bonchev–Trinajstić information content (AvgIpc) is 3.52. The van der Waals surface area contributed by atoms with Crippen molar-refractivity contribution in [2.75, 3.05) is 11.9 Å². The summed E-state index contributed by atoms with van der Waals surface area (Å²) in [6.45, 7) is 3.92. The number of carbonyl (C=O) groups excluding carboxylic acids is 3. The monoisotopic (exact) mass is 586 g/mol. The molecule has 3 aliphatic rings. The van der Waals surface area contributed by atoms with Crippen LogP contribution in [0.2, 0.25) is 5.02 Å². The minimum absolute atomic E-state index is 0.191.